The van der Waals surface area contributed by atoms with Crippen molar-refractivity contribution in [2.75, 3.05) is 5.75 Å². The lowest BCUT2D eigenvalue weighted by molar-refractivity contribution is -0.116. The van der Waals surface area contributed by atoms with Crippen LogP contribution in [0.5, 0.6) is 0 Å². The number of ketones is 1. The normalized spacial score (nSPS) is 12.2. The topological polar surface area (TPSA) is 66.6 Å². The van der Waals surface area contributed by atoms with Gasteiger partial charge in [-0.2, -0.15) is 5.26 Å². The minimum Gasteiger partial charge on any atom is -0.297 e. The second-order valence-corrected chi connectivity index (χ2v) is 7.73. The third-order valence-electron chi connectivity index (χ3n) is 2.95. The Hall–Kier alpha value is -1.75. The molecule has 3 aromatic rings. The van der Waals surface area contributed by atoms with Crippen LogP contribution in [0.2, 0.25) is 0 Å². The molecule has 0 N–H and O–H groups in total. The molecule has 22 heavy (non-hydrogen) atoms. The van der Waals surface area contributed by atoms with Gasteiger partial charge in [-0.3, -0.25) is 4.79 Å². The standard InChI is InChI=1S/C15H11N3OS3/c1-9-7-20-14(17-9)10(6-16)12(19)8-21-15-18-11-4-2-3-5-13(11)22-15/h2-5,7,10H,8H2,1H3/t10-/m1/s1. The zero-order valence-electron chi connectivity index (χ0n) is 11.6. The fourth-order valence-corrected chi connectivity index (χ4v) is 4.73. The van der Waals surface area contributed by atoms with Crippen LogP contribution in [0.1, 0.15) is 16.6 Å². The summed E-state index contributed by atoms with van der Waals surface area (Å²) < 4.78 is 1.95. The van der Waals surface area contributed by atoms with Gasteiger partial charge in [-0.1, -0.05) is 23.9 Å². The van der Waals surface area contributed by atoms with Crippen LogP contribution >= 0.6 is 34.4 Å². The van der Waals surface area contributed by atoms with Crippen LogP contribution in [-0.4, -0.2) is 21.5 Å². The molecule has 1 aromatic carbocycles. The zero-order valence-corrected chi connectivity index (χ0v) is 14.1. The zero-order chi connectivity index (χ0) is 15.5. The molecule has 0 spiro atoms. The number of fused-ring (bicyclic) bond motifs is 1. The molecule has 7 heteroatoms. The van der Waals surface area contributed by atoms with Crippen molar-refractivity contribution >= 4 is 50.4 Å². The van der Waals surface area contributed by atoms with E-state index in [1.54, 1.807) is 11.3 Å². The summed E-state index contributed by atoms with van der Waals surface area (Å²) in [4.78, 5) is 21.0. The number of carbonyl (C=O) groups is 1. The van der Waals surface area contributed by atoms with E-state index in [1.807, 2.05) is 36.6 Å². The molecule has 1 atom stereocenters. The Kier molecular flexibility index (Phi) is 4.52. The Morgan fingerprint density at radius 3 is 2.91 bits per heavy atom. The minimum atomic E-state index is -0.777. The first-order valence-corrected chi connectivity index (χ1v) is 9.18. The number of thiazole rings is 2. The van der Waals surface area contributed by atoms with E-state index in [4.69, 9.17) is 0 Å². The molecule has 0 fully saturated rings. The highest BCUT2D eigenvalue weighted by atomic mass is 32.2. The molecule has 0 saturated heterocycles. The van der Waals surface area contributed by atoms with Crippen molar-refractivity contribution in [2.45, 2.75) is 17.2 Å². The lowest BCUT2D eigenvalue weighted by Gasteiger charge is -2.03. The van der Waals surface area contributed by atoms with Crippen LogP contribution in [0.4, 0.5) is 0 Å². The quantitative estimate of drug-likeness (QED) is 0.653. The molecule has 2 heterocycles. The fraction of sp³-hybridized carbons (Fsp3) is 0.200. The fourth-order valence-electron chi connectivity index (χ4n) is 1.90. The van der Waals surface area contributed by atoms with Gasteiger partial charge >= 0.3 is 0 Å². The minimum absolute atomic E-state index is 0.124. The van der Waals surface area contributed by atoms with Crippen molar-refractivity contribution in [3.05, 3.63) is 40.3 Å². The molecule has 0 aliphatic carbocycles. The highest BCUT2D eigenvalue weighted by Gasteiger charge is 2.23. The summed E-state index contributed by atoms with van der Waals surface area (Å²) in [7, 11) is 0. The summed E-state index contributed by atoms with van der Waals surface area (Å²) in [5.74, 6) is -0.668. The number of carbonyl (C=O) groups excluding carboxylic acids is 1. The van der Waals surface area contributed by atoms with Crippen LogP contribution in [0.15, 0.2) is 34.0 Å². The first kappa shape index (κ1) is 15.2. The molecular weight excluding hydrogens is 334 g/mol. The van der Waals surface area contributed by atoms with Crippen molar-refractivity contribution in [1.29, 1.82) is 5.26 Å². The lowest BCUT2D eigenvalue weighted by atomic mass is 10.1. The largest absolute Gasteiger partial charge is 0.297 e. The van der Waals surface area contributed by atoms with Crippen LogP contribution in [0.25, 0.3) is 10.2 Å². The Balaban J connectivity index is 1.69. The molecule has 0 bridgehead atoms. The number of rotatable bonds is 5. The van der Waals surface area contributed by atoms with Crippen LogP contribution in [0.3, 0.4) is 0 Å². The number of para-hydroxylation sites is 1. The first-order valence-electron chi connectivity index (χ1n) is 6.50. The predicted molar refractivity (Wildman–Crippen MR) is 90.6 cm³/mol. The summed E-state index contributed by atoms with van der Waals surface area (Å²) in [5, 5.41) is 11.7. The van der Waals surface area contributed by atoms with Gasteiger partial charge in [0, 0.05) is 11.1 Å². The van der Waals surface area contributed by atoms with Gasteiger partial charge in [0.2, 0.25) is 0 Å². The lowest BCUT2D eigenvalue weighted by Crippen LogP contribution is -2.13. The first-order chi connectivity index (χ1) is 10.7. The van der Waals surface area contributed by atoms with E-state index in [2.05, 4.69) is 16.0 Å². The van der Waals surface area contributed by atoms with Crippen LogP contribution < -0.4 is 0 Å². The predicted octanol–water partition coefficient (Wildman–Crippen LogP) is 4.03. The number of hydrogen-bond donors (Lipinski definition) is 0. The Morgan fingerprint density at radius 2 is 2.23 bits per heavy atom. The van der Waals surface area contributed by atoms with Gasteiger partial charge in [0.15, 0.2) is 16.0 Å². The van der Waals surface area contributed by atoms with Crippen molar-refractivity contribution in [3.8, 4) is 6.07 Å². The van der Waals surface area contributed by atoms with Crippen molar-refractivity contribution in [1.82, 2.24) is 9.97 Å². The molecule has 4 nitrogen and oxygen atoms in total. The van der Waals surface area contributed by atoms with Gasteiger partial charge in [-0.15, -0.1) is 22.7 Å². The number of aromatic nitrogens is 2. The summed E-state index contributed by atoms with van der Waals surface area (Å²) in [6, 6.07) is 9.94. The number of nitrogens with zero attached hydrogens (tertiary/aromatic N) is 3. The number of hydrogen-bond acceptors (Lipinski definition) is 7. The maximum atomic E-state index is 12.3. The number of Topliss-reactive ketones (excluding diaryl/α,β-unsaturated/α-hetero) is 1. The third-order valence-corrected chi connectivity index (χ3v) is 6.18. The molecule has 0 saturated carbocycles. The third kappa shape index (κ3) is 3.19. The monoisotopic (exact) mass is 345 g/mol. The molecule has 0 unspecified atom stereocenters. The van der Waals surface area contributed by atoms with Crippen LogP contribution in [-0.2, 0) is 4.79 Å². The Bertz CT molecular complexity index is 829. The van der Waals surface area contributed by atoms with Gasteiger partial charge in [0.25, 0.3) is 0 Å². The van der Waals surface area contributed by atoms with E-state index < -0.39 is 5.92 Å². The van der Waals surface area contributed by atoms with Gasteiger partial charge in [0.1, 0.15) is 5.01 Å². The van der Waals surface area contributed by atoms with E-state index in [1.165, 1.54) is 23.1 Å². The molecule has 0 aliphatic rings. The highest BCUT2D eigenvalue weighted by Crippen LogP contribution is 2.30. The molecule has 0 radical (unpaired) electrons. The molecular formula is C15H11N3OS3. The number of nitriles is 1. The number of aryl methyl sites for hydroxylation is 1. The Labute approximate surface area is 139 Å². The van der Waals surface area contributed by atoms with Gasteiger partial charge < -0.3 is 0 Å². The average Bonchev–Trinajstić information content (AvgIpc) is 3.12. The summed E-state index contributed by atoms with van der Waals surface area (Å²) in [5.41, 5.74) is 1.78. The van der Waals surface area contributed by atoms with Crippen LogP contribution in [0, 0.1) is 18.3 Å². The van der Waals surface area contributed by atoms with Gasteiger partial charge in [-0.05, 0) is 19.1 Å². The molecule has 3 rings (SSSR count). The molecule has 2 aromatic heterocycles. The molecule has 110 valence electrons. The molecule has 0 aliphatic heterocycles. The van der Waals surface area contributed by atoms with Gasteiger partial charge in [0.05, 0.1) is 22.0 Å². The number of thioether (sulfide) groups is 1. The number of benzene rings is 1. The van der Waals surface area contributed by atoms with Crippen molar-refractivity contribution < 1.29 is 4.79 Å². The van der Waals surface area contributed by atoms with E-state index in [0.29, 0.717) is 5.01 Å². The van der Waals surface area contributed by atoms with E-state index in [9.17, 15) is 10.1 Å². The van der Waals surface area contributed by atoms with Crippen molar-refractivity contribution in [3.63, 3.8) is 0 Å². The average molecular weight is 345 g/mol. The van der Waals surface area contributed by atoms with E-state index in [0.717, 1.165) is 20.3 Å². The van der Waals surface area contributed by atoms with Crippen molar-refractivity contribution in [2.24, 2.45) is 0 Å². The SMILES string of the molecule is Cc1csc([C@H](C#N)C(=O)CSc2nc3ccccc3s2)n1. The van der Waals surface area contributed by atoms with E-state index in [-0.39, 0.29) is 11.5 Å². The summed E-state index contributed by atoms with van der Waals surface area (Å²) in [6.45, 7) is 1.86. The highest BCUT2D eigenvalue weighted by molar-refractivity contribution is 8.01. The Morgan fingerprint density at radius 1 is 1.41 bits per heavy atom. The second kappa shape index (κ2) is 6.57. The maximum Gasteiger partial charge on any atom is 0.167 e. The maximum absolute atomic E-state index is 12.3. The molecule has 0 amide bonds. The summed E-state index contributed by atoms with van der Waals surface area (Å²) in [6.07, 6.45) is 0. The van der Waals surface area contributed by atoms with Gasteiger partial charge in [-0.25, -0.2) is 9.97 Å². The summed E-state index contributed by atoms with van der Waals surface area (Å²) >= 11 is 4.30. The smallest absolute Gasteiger partial charge is 0.167 e. The van der Waals surface area contributed by atoms with E-state index >= 15 is 0 Å². The second-order valence-electron chi connectivity index (χ2n) is 4.59.